The van der Waals surface area contributed by atoms with Crippen molar-refractivity contribution in [2.75, 3.05) is 0 Å². The zero-order valence-corrected chi connectivity index (χ0v) is 19.6. The predicted octanol–water partition coefficient (Wildman–Crippen LogP) is 4.42. The lowest BCUT2D eigenvalue weighted by atomic mass is 9.85. The molecule has 0 aliphatic heterocycles. The zero-order valence-electron chi connectivity index (χ0n) is 17.9. The van der Waals surface area contributed by atoms with Crippen LogP contribution in [0, 0.1) is 17.1 Å². The van der Waals surface area contributed by atoms with Crippen molar-refractivity contribution in [2.24, 2.45) is 4.36 Å². The Hall–Kier alpha value is -2.15. The van der Waals surface area contributed by atoms with Gasteiger partial charge in [0.15, 0.2) is 4.34 Å². The second-order valence-corrected chi connectivity index (χ2v) is 10.5. The number of thiazole rings is 1. The smallest absolute Gasteiger partial charge is 0.258 e. The molecule has 162 valence electrons. The van der Waals surface area contributed by atoms with E-state index in [4.69, 9.17) is 0 Å². The summed E-state index contributed by atoms with van der Waals surface area (Å²) in [6.07, 6.45) is -0.214. The molecular weight excluding hydrogens is 425 g/mol. The van der Waals surface area contributed by atoms with Crippen LogP contribution in [0.4, 0.5) is 4.39 Å². The molecule has 6 nitrogen and oxygen atoms in total. The van der Waals surface area contributed by atoms with Crippen molar-refractivity contribution >= 4 is 27.8 Å². The Morgan fingerprint density at radius 2 is 2.00 bits per heavy atom. The number of halogens is 1. The number of hydrogen-bond donors (Lipinski definition) is 2. The topological polar surface area (TPSA) is 103 Å². The molecule has 0 radical (unpaired) electrons. The van der Waals surface area contributed by atoms with Crippen LogP contribution in [0.25, 0.3) is 0 Å². The van der Waals surface area contributed by atoms with Gasteiger partial charge in [0.1, 0.15) is 17.5 Å². The van der Waals surface area contributed by atoms with Gasteiger partial charge in [-0.25, -0.2) is 13.6 Å². The minimum absolute atomic E-state index is 0.0416. The van der Waals surface area contributed by atoms with Crippen molar-refractivity contribution < 1.29 is 18.5 Å². The van der Waals surface area contributed by atoms with Gasteiger partial charge in [-0.1, -0.05) is 27.7 Å². The van der Waals surface area contributed by atoms with Gasteiger partial charge in [-0.2, -0.15) is 9.62 Å². The molecule has 0 saturated heterocycles. The van der Waals surface area contributed by atoms with Crippen molar-refractivity contribution in [1.82, 2.24) is 4.98 Å². The van der Waals surface area contributed by atoms with Gasteiger partial charge in [0.25, 0.3) is 5.91 Å². The van der Waals surface area contributed by atoms with Gasteiger partial charge in [-0.05, 0) is 48.4 Å². The number of nitrogens with zero attached hydrogens (tertiary/aromatic N) is 3. The summed E-state index contributed by atoms with van der Waals surface area (Å²) in [4.78, 5) is 16.7. The van der Waals surface area contributed by atoms with Crippen molar-refractivity contribution in [3.8, 4) is 6.07 Å². The number of benzene rings is 1. The number of aromatic nitrogens is 1. The van der Waals surface area contributed by atoms with Crippen LogP contribution in [0.1, 0.15) is 81.3 Å². The van der Waals surface area contributed by atoms with E-state index in [-0.39, 0.29) is 28.2 Å². The minimum Gasteiger partial charge on any atom is -0.384 e. The molecule has 1 N–H and O–H groups in total. The first kappa shape index (κ1) is 24.1. The molecule has 0 bridgehead atoms. The highest BCUT2D eigenvalue weighted by molar-refractivity contribution is 7.77. The van der Waals surface area contributed by atoms with E-state index in [1.807, 2.05) is 19.9 Å². The Morgan fingerprint density at radius 3 is 2.47 bits per heavy atom. The SMILES string of the molecule is CC(C)c1cc(C#N)c(F)c(C(C)C)c1CC(=O)/N=[SH](=O)/c1nc(C(C)(C)O)cs1. The number of carbonyl (C=O) groups is 1. The normalized spacial score (nSPS) is 13.1. The molecular formula is C21H26FN3O3S2. The lowest BCUT2D eigenvalue weighted by Crippen LogP contribution is -2.15. The van der Waals surface area contributed by atoms with Gasteiger partial charge < -0.3 is 5.11 Å². The summed E-state index contributed by atoms with van der Waals surface area (Å²) in [5, 5.41) is 20.8. The highest BCUT2D eigenvalue weighted by Gasteiger charge is 2.24. The largest absolute Gasteiger partial charge is 0.384 e. The molecule has 0 fully saturated rings. The Labute approximate surface area is 182 Å². The monoisotopic (exact) mass is 451 g/mol. The van der Waals surface area contributed by atoms with E-state index >= 15 is 0 Å². The van der Waals surface area contributed by atoms with Crippen LogP contribution in [0.5, 0.6) is 0 Å². The summed E-state index contributed by atoms with van der Waals surface area (Å²) in [5.74, 6) is -1.57. The number of thiol groups is 1. The maximum absolute atomic E-state index is 14.9. The molecule has 30 heavy (non-hydrogen) atoms. The maximum atomic E-state index is 14.9. The molecule has 1 atom stereocenters. The first-order valence-corrected chi connectivity index (χ1v) is 11.6. The second kappa shape index (κ2) is 9.33. The summed E-state index contributed by atoms with van der Waals surface area (Å²) < 4.78 is 31.3. The van der Waals surface area contributed by atoms with Crippen LogP contribution in [0.2, 0.25) is 0 Å². The first-order chi connectivity index (χ1) is 13.9. The summed E-state index contributed by atoms with van der Waals surface area (Å²) in [6, 6.07) is 3.35. The highest BCUT2D eigenvalue weighted by Crippen LogP contribution is 2.33. The third kappa shape index (κ3) is 5.31. The predicted molar refractivity (Wildman–Crippen MR) is 116 cm³/mol. The standard InChI is InChI=1S/C21H26FN3O3S2/c1-11(2)14-7-13(9-23)19(22)18(12(3)4)15(14)8-17(26)25-30(28)20-24-16(10-29-20)21(5,6)27/h7,10-12,27,30H,8H2,1-6H3. The van der Waals surface area contributed by atoms with Crippen molar-refractivity contribution in [3.63, 3.8) is 0 Å². The van der Waals surface area contributed by atoms with Crippen molar-refractivity contribution in [1.29, 1.82) is 5.26 Å². The molecule has 1 amide bonds. The Balaban J connectivity index is 2.46. The average Bonchev–Trinajstić information content (AvgIpc) is 3.11. The number of nitriles is 1. The molecule has 9 heteroatoms. The van der Waals surface area contributed by atoms with Crippen LogP contribution in [-0.2, 0) is 27.4 Å². The third-order valence-corrected chi connectivity index (χ3v) is 6.84. The number of rotatable bonds is 6. The van der Waals surface area contributed by atoms with Crippen LogP contribution in [0.3, 0.4) is 0 Å². The fourth-order valence-corrected chi connectivity index (χ4v) is 5.00. The van der Waals surface area contributed by atoms with Gasteiger partial charge in [-0.3, -0.25) is 4.79 Å². The summed E-state index contributed by atoms with van der Waals surface area (Å²) in [6.45, 7) is 10.5. The van der Waals surface area contributed by atoms with E-state index in [0.717, 1.165) is 11.3 Å². The van der Waals surface area contributed by atoms with Gasteiger partial charge >= 0.3 is 0 Å². The molecule has 0 aliphatic rings. The van der Waals surface area contributed by atoms with E-state index in [9.17, 15) is 23.8 Å². The first-order valence-electron chi connectivity index (χ1n) is 9.52. The molecule has 1 heterocycles. The van der Waals surface area contributed by atoms with Gasteiger partial charge in [0.05, 0.1) is 28.3 Å². The Morgan fingerprint density at radius 1 is 1.37 bits per heavy atom. The highest BCUT2D eigenvalue weighted by atomic mass is 32.2. The van der Waals surface area contributed by atoms with E-state index in [1.165, 1.54) is 6.07 Å². The average molecular weight is 452 g/mol. The third-order valence-electron chi connectivity index (χ3n) is 4.58. The van der Waals surface area contributed by atoms with Gasteiger partial charge in [0, 0.05) is 5.38 Å². The van der Waals surface area contributed by atoms with Crippen LogP contribution < -0.4 is 0 Å². The van der Waals surface area contributed by atoms with Crippen molar-refractivity contribution in [3.05, 3.63) is 45.2 Å². The summed E-state index contributed by atoms with van der Waals surface area (Å²) >= 11 is 1.06. The molecule has 0 spiro atoms. The van der Waals surface area contributed by atoms with Crippen LogP contribution in [0.15, 0.2) is 20.1 Å². The van der Waals surface area contributed by atoms with E-state index in [2.05, 4.69) is 9.35 Å². The quantitative estimate of drug-likeness (QED) is 0.633. The zero-order chi connectivity index (χ0) is 22.8. The molecule has 2 rings (SSSR count). The molecule has 2 aromatic rings. The fourth-order valence-electron chi connectivity index (χ4n) is 3.10. The molecule has 1 aromatic heterocycles. The van der Waals surface area contributed by atoms with Crippen LogP contribution in [-0.4, -0.2) is 20.2 Å². The van der Waals surface area contributed by atoms with E-state index < -0.39 is 27.9 Å². The Bertz CT molecular complexity index is 1090. The van der Waals surface area contributed by atoms with Crippen LogP contribution >= 0.6 is 11.3 Å². The lowest BCUT2D eigenvalue weighted by Gasteiger charge is -2.20. The van der Waals surface area contributed by atoms with E-state index in [1.54, 1.807) is 33.1 Å². The maximum Gasteiger partial charge on any atom is 0.258 e. The van der Waals surface area contributed by atoms with Gasteiger partial charge in [0.2, 0.25) is 0 Å². The number of carbonyl (C=O) groups excluding carboxylic acids is 1. The molecule has 0 aliphatic carbocycles. The molecule has 0 saturated carbocycles. The number of hydrogen-bond acceptors (Lipinski definition) is 6. The summed E-state index contributed by atoms with van der Waals surface area (Å²) in [7, 11) is -2.43. The second-order valence-electron chi connectivity index (χ2n) is 8.16. The summed E-state index contributed by atoms with van der Waals surface area (Å²) in [5.41, 5.74) is 0.622. The minimum atomic E-state index is -2.43. The Kier molecular flexibility index (Phi) is 7.50. The lowest BCUT2D eigenvalue weighted by molar-refractivity contribution is -0.117. The molecule has 1 unspecified atom stereocenters. The van der Waals surface area contributed by atoms with E-state index in [0.29, 0.717) is 22.4 Å². The van der Waals surface area contributed by atoms with Gasteiger partial charge in [-0.15, -0.1) is 11.3 Å². The number of aliphatic hydroxyl groups is 1. The fraction of sp³-hybridized carbons (Fsp3) is 0.476. The number of amides is 1. The van der Waals surface area contributed by atoms with Crippen molar-refractivity contribution in [2.45, 2.75) is 69.7 Å². The molecule has 1 aromatic carbocycles.